The van der Waals surface area contributed by atoms with E-state index >= 15 is 0 Å². The molecule has 1 saturated heterocycles. The van der Waals surface area contributed by atoms with E-state index in [2.05, 4.69) is 72.0 Å². The predicted octanol–water partition coefficient (Wildman–Crippen LogP) is 0.738. The monoisotopic (exact) mass is 515 g/mol. The van der Waals surface area contributed by atoms with Crippen molar-refractivity contribution in [3.05, 3.63) is 72.1 Å². The lowest BCUT2D eigenvalue weighted by Crippen LogP contribution is -3.00. The summed E-state index contributed by atoms with van der Waals surface area (Å²) in [6.07, 6.45) is 6.28. The zero-order valence-corrected chi connectivity index (χ0v) is 22.1. The molecule has 8 heteroatoms. The summed E-state index contributed by atoms with van der Waals surface area (Å²) in [6, 6.07) is 13.0. The SMILES string of the molecule is CCn1c(=O)/c(=C/C=C2\SCCN2C)s/c1=C\c1sc2c3ccccc3ccc2[n+]1CC.[Cl-]. The van der Waals surface area contributed by atoms with Gasteiger partial charge < -0.3 is 17.3 Å². The Kier molecular flexibility index (Phi) is 7.34. The van der Waals surface area contributed by atoms with Crippen LogP contribution in [0.4, 0.5) is 0 Å². The standard InChI is InChI=1S/C25H26N3OS3.ClH/c1-4-27-19-11-10-17-8-6-7-9-18(17)24(19)32-22(27)16-23-28(5-2)25(29)20(31-23)12-13-21-26(3)14-15-30-21;/h6-13,16H,4-5,14-15H2,1-3H3;1H/q+1;/p-1/b20-12-,21-13-;. The first-order valence-electron chi connectivity index (χ1n) is 10.9. The molecule has 0 atom stereocenters. The summed E-state index contributed by atoms with van der Waals surface area (Å²) >= 11 is 5.24. The third-order valence-corrected chi connectivity index (χ3v) is 9.26. The van der Waals surface area contributed by atoms with Crippen molar-refractivity contribution in [2.45, 2.75) is 26.9 Å². The van der Waals surface area contributed by atoms with Gasteiger partial charge in [0.2, 0.25) is 5.52 Å². The summed E-state index contributed by atoms with van der Waals surface area (Å²) in [6.45, 7) is 6.84. The highest BCUT2D eigenvalue weighted by atomic mass is 35.5. The zero-order chi connectivity index (χ0) is 22.2. The molecular weight excluding hydrogens is 490 g/mol. The lowest BCUT2D eigenvalue weighted by atomic mass is 10.1. The molecule has 0 unspecified atom stereocenters. The number of allylic oxidation sites excluding steroid dienone is 1. The second-order valence-corrected chi connectivity index (χ2v) is 11.0. The molecule has 0 saturated carbocycles. The number of fused-ring (bicyclic) bond motifs is 3. The topological polar surface area (TPSA) is 29.1 Å². The van der Waals surface area contributed by atoms with Crippen LogP contribution in [0, 0.1) is 0 Å². The van der Waals surface area contributed by atoms with E-state index in [0.29, 0.717) is 6.54 Å². The average Bonchev–Trinajstić information content (AvgIpc) is 3.47. The van der Waals surface area contributed by atoms with Crippen LogP contribution in [0.3, 0.4) is 0 Å². The number of nitrogens with zero attached hydrogens (tertiary/aromatic N) is 3. The summed E-state index contributed by atoms with van der Waals surface area (Å²) < 4.78 is 7.35. The molecule has 0 aliphatic carbocycles. The molecule has 0 amide bonds. The van der Waals surface area contributed by atoms with Crippen molar-refractivity contribution in [2.75, 3.05) is 19.3 Å². The second-order valence-electron chi connectivity index (χ2n) is 7.76. The number of thiazole rings is 2. The highest BCUT2D eigenvalue weighted by molar-refractivity contribution is 8.03. The first-order valence-corrected chi connectivity index (χ1v) is 13.5. The Bertz CT molecular complexity index is 1530. The van der Waals surface area contributed by atoms with E-state index in [1.54, 1.807) is 11.3 Å². The molecule has 0 radical (unpaired) electrons. The Morgan fingerprint density at radius 2 is 1.91 bits per heavy atom. The van der Waals surface area contributed by atoms with Gasteiger partial charge >= 0.3 is 0 Å². The number of aryl methyl sites for hydroxylation is 1. The summed E-state index contributed by atoms with van der Waals surface area (Å²) in [4.78, 5) is 15.3. The summed E-state index contributed by atoms with van der Waals surface area (Å²) in [7, 11) is 2.10. The highest BCUT2D eigenvalue weighted by Crippen LogP contribution is 2.29. The van der Waals surface area contributed by atoms with Crippen molar-refractivity contribution >= 4 is 67.6 Å². The predicted molar refractivity (Wildman–Crippen MR) is 140 cm³/mol. The Labute approximate surface area is 211 Å². The Morgan fingerprint density at radius 3 is 2.64 bits per heavy atom. The van der Waals surface area contributed by atoms with Crippen LogP contribution in [0.1, 0.15) is 18.9 Å². The van der Waals surface area contributed by atoms with Crippen molar-refractivity contribution in [1.82, 2.24) is 9.47 Å². The molecule has 5 rings (SSSR count). The Balaban J connectivity index is 0.00000259. The maximum atomic E-state index is 13.1. The maximum absolute atomic E-state index is 13.1. The van der Waals surface area contributed by atoms with E-state index in [4.69, 9.17) is 0 Å². The average molecular weight is 516 g/mol. The van der Waals surface area contributed by atoms with Crippen LogP contribution in [-0.4, -0.2) is 28.8 Å². The first kappa shape index (κ1) is 24.1. The molecule has 1 aliphatic rings. The van der Waals surface area contributed by atoms with Crippen LogP contribution >= 0.6 is 34.4 Å². The molecular formula is C25H26ClN3OS3. The maximum Gasteiger partial charge on any atom is 0.269 e. The van der Waals surface area contributed by atoms with E-state index in [0.717, 1.165) is 28.0 Å². The van der Waals surface area contributed by atoms with Crippen molar-refractivity contribution in [3.8, 4) is 0 Å². The van der Waals surface area contributed by atoms with E-state index in [1.807, 2.05) is 40.7 Å². The number of aromatic nitrogens is 2. The van der Waals surface area contributed by atoms with Crippen LogP contribution < -0.4 is 31.7 Å². The normalized spacial score (nSPS) is 16.5. The van der Waals surface area contributed by atoms with E-state index in [-0.39, 0.29) is 18.0 Å². The molecule has 0 bridgehead atoms. The van der Waals surface area contributed by atoms with Crippen molar-refractivity contribution < 1.29 is 17.0 Å². The van der Waals surface area contributed by atoms with Gasteiger partial charge in [-0.15, -0.1) is 23.1 Å². The number of benzene rings is 2. The number of hydrogen-bond donors (Lipinski definition) is 0. The van der Waals surface area contributed by atoms with Crippen LogP contribution in [0.25, 0.3) is 33.1 Å². The van der Waals surface area contributed by atoms with Crippen LogP contribution in [-0.2, 0) is 13.1 Å². The van der Waals surface area contributed by atoms with Gasteiger partial charge in [0.25, 0.3) is 10.6 Å². The molecule has 1 fully saturated rings. The smallest absolute Gasteiger partial charge is 0.269 e. The Morgan fingerprint density at radius 1 is 1.09 bits per heavy atom. The fourth-order valence-corrected chi connectivity index (χ4v) is 7.63. The molecule has 1 aliphatic heterocycles. The van der Waals surface area contributed by atoms with Gasteiger partial charge in [0.15, 0.2) is 0 Å². The summed E-state index contributed by atoms with van der Waals surface area (Å²) in [5, 5.41) is 4.96. The molecule has 33 heavy (non-hydrogen) atoms. The largest absolute Gasteiger partial charge is 1.00 e. The van der Waals surface area contributed by atoms with Gasteiger partial charge in [-0.05, 0) is 37.5 Å². The number of rotatable bonds is 4. The van der Waals surface area contributed by atoms with Crippen LogP contribution in [0.2, 0.25) is 0 Å². The van der Waals surface area contributed by atoms with Crippen molar-refractivity contribution in [2.24, 2.45) is 0 Å². The van der Waals surface area contributed by atoms with Crippen LogP contribution in [0.15, 0.2) is 52.3 Å². The van der Waals surface area contributed by atoms with E-state index in [9.17, 15) is 4.79 Å². The first-order chi connectivity index (χ1) is 15.6. The zero-order valence-electron chi connectivity index (χ0n) is 18.9. The van der Waals surface area contributed by atoms with Gasteiger partial charge in [-0.2, -0.15) is 4.57 Å². The Hall–Kier alpha value is -2.06. The second kappa shape index (κ2) is 10.1. The van der Waals surface area contributed by atoms with Gasteiger partial charge in [-0.25, -0.2) is 0 Å². The van der Waals surface area contributed by atoms with E-state index < -0.39 is 0 Å². The van der Waals surface area contributed by atoms with Crippen LogP contribution in [0.5, 0.6) is 0 Å². The van der Waals surface area contributed by atoms with Gasteiger partial charge in [-0.3, -0.25) is 9.36 Å². The molecule has 4 aromatic rings. The minimum atomic E-state index is 0. The number of hydrogen-bond acceptors (Lipinski definition) is 5. The van der Waals surface area contributed by atoms with Gasteiger partial charge in [0.05, 0.1) is 15.6 Å². The number of thioether (sulfide) groups is 1. The molecule has 2 aromatic carbocycles. The quantitative estimate of drug-likeness (QED) is 0.375. The molecule has 4 nitrogen and oxygen atoms in total. The van der Waals surface area contributed by atoms with Gasteiger partial charge in [0.1, 0.15) is 15.9 Å². The fourth-order valence-electron chi connectivity index (χ4n) is 4.16. The minimum absolute atomic E-state index is 0. The molecule has 2 aromatic heterocycles. The van der Waals surface area contributed by atoms with Gasteiger partial charge in [0, 0.05) is 37.3 Å². The third-order valence-electron chi connectivity index (χ3n) is 5.87. The minimum Gasteiger partial charge on any atom is -1.00 e. The lowest BCUT2D eigenvalue weighted by Gasteiger charge is -2.09. The van der Waals surface area contributed by atoms with Crippen molar-refractivity contribution in [3.63, 3.8) is 0 Å². The molecule has 3 heterocycles. The fraction of sp³-hybridized carbons (Fsp3) is 0.280. The molecule has 0 N–H and O–H groups in total. The number of halogens is 1. The molecule has 172 valence electrons. The summed E-state index contributed by atoms with van der Waals surface area (Å²) in [5.41, 5.74) is 1.35. The van der Waals surface area contributed by atoms with E-state index in [1.165, 1.54) is 31.0 Å². The summed E-state index contributed by atoms with van der Waals surface area (Å²) in [5.74, 6) is 1.11. The highest BCUT2D eigenvalue weighted by Gasteiger charge is 2.20. The molecule has 0 spiro atoms. The van der Waals surface area contributed by atoms with Crippen molar-refractivity contribution in [1.29, 1.82) is 0 Å². The van der Waals surface area contributed by atoms with Gasteiger partial charge in [-0.1, -0.05) is 35.6 Å². The lowest BCUT2D eigenvalue weighted by molar-refractivity contribution is -0.665. The third kappa shape index (κ3) is 4.39.